The second-order valence-corrected chi connectivity index (χ2v) is 5.70. The lowest BCUT2D eigenvalue weighted by molar-refractivity contribution is 0.0895. The summed E-state index contributed by atoms with van der Waals surface area (Å²) >= 11 is 1.85. The van der Waals surface area contributed by atoms with Gasteiger partial charge in [0.1, 0.15) is 0 Å². The van der Waals surface area contributed by atoms with Crippen molar-refractivity contribution in [1.29, 1.82) is 0 Å². The van der Waals surface area contributed by atoms with Crippen LogP contribution in [0.5, 0.6) is 0 Å². The fraction of sp³-hybridized carbons (Fsp3) is 0.917. The summed E-state index contributed by atoms with van der Waals surface area (Å²) < 4.78 is 5.68. The maximum Gasteiger partial charge on any atom is 0.157 e. The van der Waals surface area contributed by atoms with E-state index in [2.05, 4.69) is 19.2 Å². The quantitative estimate of drug-likeness (QED) is 0.825. The van der Waals surface area contributed by atoms with Crippen molar-refractivity contribution in [1.82, 2.24) is 5.32 Å². The van der Waals surface area contributed by atoms with Gasteiger partial charge in [-0.1, -0.05) is 18.7 Å². The van der Waals surface area contributed by atoms with Crippen LogP contribution in [-0.2, 0) is 4.74 Å². The van der Waals surface area contributed by atoms with Crippen molar-refractivity contribution < 1.29 is 4.74 Å². The fourth-order valence-electron chi connectivity index (χ4n) is 2.22. The van der Waals surface area contributed by atoms with Gasteiger partial charge in [-0.2, -0.15) is 0 Å². The molecule has 1 N–H and O–H groups in total. The van der Waals surface area contributed by atoms with Crippen molar-refractivity contribution in [2.45, 2.75) is 57.7 Å². The third-order valence-corrected chi connectivity index (χ3v) is 4.27. The molecule has 1 saturated heterocycles. The summed E-state index contributed by atoms with van der Waals surface area (Å²) in [6.45, 7) is 5.34. The minimum absolute atomic E-state index is 0.380. The Labute approximate surface area is 102 Å². The van der Waals surface area contributed by atoms with E-state index in [9.17, 15) is 0 Å². The Hall–Kier alpha value is -0.220. The summed E-state index contributed by atoms with van der Waals surface area (Å²) in [5, 5.41) is 4.64. The van der Waals surface area contributed by atoms with Crippen LogP contribution in [0.3, 0.4) is 0 Å². The number of aliphatic imine (C=N–C) groups is 1. The molecule has 0 aliphatic carbocycles. The van der Waals surface area contributed by atoms with Crippen molar-refractivity contribution in [3.05, 3.63) is 0 Å². The monoisotopic (exact) mass is 242 g/mol. The highest BCUT2D eigenvalue weighted by Gasteiger charge is 2.24. The van der Waals surface area contributed by atoms with Crippen LogP contribution < -0.4 is 5.32 Å². The van der Waals surface area contributed by atoms with E-state index >= 15 is 0 Å². The highest BCUT2D eigenvalue weighted by Crippen LogP contribution is 2.20. The van der Waals surface area contributed by atoms with Crippen LogP contribution in [0.15, 0.2) is 4.99 Å². The average molecular weight is 242 g/mol. The van der Waals surface area contributed by atoms with Crippen molar-refractivity contribution in [2.24, 2.45) is 4.99 Å². The molecule has 0 spiro atoms. The van der Waals surface area contributed by atoms with Gasteiger partial charge < -0.3 is 10.1 Å². The predicted octanol–water partition coefficient (Wildman–Crippen LogP) is 2.42. The highest BCUT2D eigenvalue weighted by atomic mass is 32.2. The molecule has 0 aromatic rings. The van der Waals surface area contributed by atoms with Crippen molar-refractivity contribution in [3.63, 3.8) is 0 Å². The molecule has 2 rings (SSSR count). The minimum Gasteiger partial charge on any atom is -0.376 e. The SMILES string of the molecule is CCC1CCSC(NC(C)C2CCCO2)=N1. The van der Waals surface area contributed by atoms with Gasteiger partial charge in [-0.15, -0.1) is 0 Å². The highest BCUT2D eigenvalue weighted by molar-refractivity contribution is 8.13. The van der Waals surface area contributed by atoms with E-state index in [1.807, 2.05) is 11.8 Å². The van der Waals surface area contributed by atoms with E-state index in [0.29, 0.717) is 18.2 Å². The molecule has 2 heterocycles. The summed E-state index contributed by atoms with van der Waals surface area (Å²) in [4.78, 5) is 4.72. The zero-order valence-electron chi connectivity index (χ0n) is 10.2. The van der Waals surface area contributed by atoms with E-state index in [-0.39, 0.29) is 0 Å². The lowest BCUT2D eigenvalue weighted by atomic mass is 10.1. The molecule has 16 heavy (non-hydrogen) atoms. The van der Waals surface area contributed by atoms with E-state index in [1.54, 1.807) is 0 Å². The van der Waals surface area contributed by atoms with E-state index in [1.165, 1.54) is 25.0 Å². The molecule has 4 heteroatoms. The Balaban J connectivity index is 1.85. The molecule has 0 aromatic carbocycles. The van der Waals surface area contributed by atoms with Gasteiger partial charge in [0.05, 0.1) is 18.2 Å². The van der Waals surface area contributed by atoms with Crippen LogP contribution in [0.1, 0.15) is 39.5 Å². The van der Waals surface area contributed by atoms with Crippen LogP contribution in [0.25, 0.3) is 0 Å². The third kappa shape index (κ3) is 3.14. The average Bonchev–Trinajstić information content (AvgIpc) is 2.83. The van der Waals surface area contributed by atoms with Gasteiger partial charge >= 0.3 is 0 Å². The molecule has 0 bridgehead atoms. The molecule has 2 aliphatic heterocycles. The second kappa shape index (κ2) is 5.92. The normalized spacial score (nSPS) is 32.2. The molecule has 0 saturated carbocycles. The van der Waals surface area contributed by atoms with Crippen LogP contribution in [0.2, 0.25) is 0 Å². The van der Waals surface area contributed by atoms with Crippen molar-refractivity contribution in [2.75, 3.05) is 12.4 Å². The van der Waals surface area contributed by atoms with Gasteiger partial charge in [-0.05, 0) is 32.6 Å². The molecular formula is C12H22N2OS. The number of thioether (sulfide) groups is 1. The summed E-state index contributed by atoms with van der Waals surface area (Å²) in [6.07, 6.45) is 5.14. The van der Waals surface area contributed by atoms with Gasteiger partial charge in [-0.3, -0.25) is 4.99 Å². The van der Waals surface area contributed by atoms with Gasteiger partial charge in [0.15, 0.2) is 5.17 Å². The lowest BCUT2D eigenvalue weighted by Gasteiger charge is -2.25. The smallest absolute Gasteiger partial charge is 0.157 e. The maximum absolute atomic E-state index is 5.68. The van der Waals surface area contributed by atoms with Crippen LogP contribution in [-0.4, -0.2) is 35.7 Å². The molecule has 3 nitrogen and oxygen atoms in total. The van der Waals surface area contributed by atoms with Gasteiger partial charge in [0.2, 0.25) is 0 Å². The van der Waals surface area contributed by atoms with Crippen LogP contribution in [0, 0.1) is 0 Å². The Kier molecular flexibility index (Phi) is 4.53. The molecule has 1 fully saturated rings. The zero-order valence-corrected chi connectivity index (χ0v) is 11.1. The van der Waals surface area contributed by atoms with Crippen molar-refractivity contribution >= 4 is 16.9 Å². The topological polar surface area (TPSA) is 33.6 Å². The number of nitrogens with zero attached hydrogens (tertiary/aromatic N) is 1. The first-order chi connectivity index (χ1) is 7.79. The molecule has 3 atom stereocenters. The fourth-order valence-corrected chi connectivity index (χ4v) is 3.29. The van der Waals surface area contributed by atoms with Crippen LogP contribution in [0.4, 0.5) is 0 Å². The predicted molar refractivity (Wildman–Crippen MR) is 70.2 cm³/mol. The summed E-state index contributed by atoms with van der Waals surface area (Å²) in [6, 6.07) is 0.921. The first-order valence-electron chi connectivity index (χ1n) is 6.38. The van der Waals surface area contributed by atoms with E-state index in [0.717, 1.165) is 18.2 Å². The summed E-state index contributed by atoms with van der Waals surface area (Å²) in [7, 11) is 0. The van der Waals surface area contributed by atoms with E-state index < -0.39 is 0 Å². The Bertz CT molecular complexity index is 251. The molecule has 2 aliphatic rings. The molecular weight excluding hydrogens is 220 g/mol. The summed E-state index contributed by atoms with van der Waals surface area (Å²) in [5.41, 5.74) is 0. The maximum atomic E-state index is 5.68. The van der Waals surface area contributed by atoms with Crippen LogP contribution >= 0.6 is 11.8 Å². The number of nitrogens with one attached hydrogen (secondary N) is 1. The second-order valence-electron chi connectivity index (χ2n) is 4.62. The number of ether oxygens (including phenoxy) is 1. The van der Waals surface area contributed by atoms with Crippen molar-refractivity contribution in [3.8, 4) is 0 Å². The van der Waals surface area contributed by atoms with Gasteiger partial charge in [0.25, 0.3) is 0 Å². The molecule has 0 aromatic heterocycles. The molecule has 0 radical (unpaired) electrons. The Morgan fingerprint density at radius 1 is 1.56 bits per heavy atom. The van der Waals surface area contributed by atoms with E-state index in [4.69, 9.17) is 9.73 Å². The number of rotatable bonds is 3. The number of hydrogen-bond donors (Lipinski definition) is 1. The Morgan fingerprint density at radius 2 is 2.44 bits per heavy atom. The summed E-state index contributed by atoms with van der Waals surface area (Å²) in [5.74, 6) is 1.20. The van der Waals surface area contributed by atoms with Gasteiger partial charge in [0, 0.05) is 12.4 Å². The first kappa shape index (κ1) is 12.2. The third-order valence-electron chi connectivity index (χ3n) is 3.33. The number of amidine groups is 1. The Morgan fingerprint density at radius 3 is 3.12 bits per heavy atom. The largest absolute Gasteiger partial charge is 0.376 e. The zero-order chi connectivity index (χ0) is 11.4. The number of hydrogen-bond acceptors (Lipinski definition) is 4. The first-order valence-corrected chi connectivity index (χ1v) is 7.37. The molecule has 0 amide bonds. The molecule has 3 unspecified atom stereocenters. The standard InChI is InChI=1S/C12H22N2OS/c1-3-10-6-8-16-12(14-10)13-9(2)11-5-4-7-15-11/h9-11H,3-8H2,1-2H3,(H,13,14). The molecule has 92 valence electrons. The lowest BCUT2D eigenvalue weighted by Crippen LogP contribution is -2.41. The minimum atomic E-state index is 0.380. The van der Waals surface area contributed by atoms with Gasteiger partial charge in [-0.25, -0.2) is 0 Å².